The fraction of sp³-hybridized carbons (Fsp3) is 0.333. The molecule has 4 heteroatoms. The predicted octanol–water partition coefficient (Wildman–Crippen LogP) is 2.11. The van der Waals surface area contributed by atoms with E-state index in [1.165, 1.54) is 0 Å². The number of aryl methyl sites for hydroxylation is 1. The average Bonchev–Trinajstić information content (AvgIpc) is 2.09. The van der Waals surface area contributed by atoms with Crippen LogP contribution in [0.25, 0.3) is 0 Å². The zero-order valence-electron chi connectivity index (χ0n) is 7.38. The molecular formula is C9H11BrN2O. The number of carbonyl (C=O) groups is 1. The normalized spacial score (nSPS) is 9.69. The van der Waals surface area contributed by atoms with Crippen molar-refractivity contribution < 1.29 is 4.79 Å². The van der Waals surface area contributed by atoms with E-state index in [4.69, 9.17) is 0 Å². The van der Waals surface area contributed by atoms with Gasteiger partial charge in [0.05, 0.1) is 11.9 Å². The third-order valence-corrected chi connectivity index (χ3v) is 2.03. The molecule has 0 saturated carbocycles. The van der Waals surface area contributed by atoms with E-state index in [0.29, 0.717) is 11.8 Å². The van der Waals surface area contributed by atoms with Crippen LogP contribution in [0.3, 0.4) is 0 Å². The SMILES string of the molecule is Cc1ccncc1NC(=O)CCBr. The first-order valence-corrected chi connectivity index (χ1v) is 5.12. The van der Waals surface area contributed by atoms with Crippen LogP contribution in [0.2, 0.25) is 0 Å². The standard InChI is InChI=1S/C9H11BrN2O/c1-7-3-5-11-6-8(7)12-9(13)2-4-10/h3,5-6H,2,4H2,1H3,(H,12,13). The second-order valence-electron chi connectivity index (χ2n) is 2.68. The second kappa shape index (κ2) is 4.97. The Hall–Kier alpha value is -0.900. The Bertz CT molecular complexity index is 301. The van der Waals surface area contributed by atoms with E-state index in [-0.39, 0.29) is 5.91 Å². The van der Waals surface area contributed by atoms with Crippen molar-refractivity contribution >= 4 is 27.5 Å². The number of carbonyl (C=O) groups excluding carboxylic acids is 1. The van der Waals surface area contributed by atoms with Gasteiger partial charge in [-0.2, -0.15) is 0 Å². The van der Waals surface area contributed by atoms with Crippen molar-refractivity contribution in [3.63, 3.8) is 0 Å². The molecule has 13 heavy (non-hydrogen) atoms. The summed E-state index contributed by atoms with van der Waals surface area (Å²) in [5.41, 5.74) is 1.81. The molecule has 0 aliphatic rings. The molecular weight excluding hydrogens is 232 g/mol. The Labute approximate surface area is 85.7 Å². The number of nitrogens with one attached hydrogen (secondary N) is 1. The topological polar surface area (TPSA) is 42.0 Å². The number of halogens is 1. The van der Waals surface area contributed by atoms with Crippen molar-refractivity contribution in [1.29, 1.82) is 0 Å². The predicted molar refractivity (Wildman–Crippen MR) is 56.0 cm³/mol. The lowest BCUT2D eigenvalue weighted by Crippen LogP contribution is -2.12. The minimum atomic E-state index is 0.00738. The van der Waals surface area contributed by atoms with Crippen LogP contribution in [0.1, 0.15) is 12.0 Å². The number of hydrogen-bond acceptors (Lipinski definition) is 2. The van der Waals surface area contributed by atoms with Crippen LogP contribution >= 0.6 is 15.9 Å². The van der Waals surface area contributed by atoms with Crippen LogP contribution in [0.4, 0.5) is 5.69 Å². The van der Waals surface area contributed by atoms with Gasteiger partial charge < -0.3 is 5.32 Å². The molecule has 0 bridgehead atoms. The van der Waals surface area contributed by atoms with E-state index in [1.807, 2.05) is 13.0 Å². The summed E-state index contributed by atoms with van der Waals surface area (Å²) in [4.78, 5) is 15.1. The largest absolute Gasteiger partial charge is 0.324 e. The number of anilines is 1. The Morgan fingerprint density at radius 2 is 2.46 bits per heavy atom. The lowest BCUT2D eigenvalue weighted by Gasteiger charge is -2.05. The van der Waals surface area contributed by atoms with E-state index in [9.17, 15) is 4.79 Å². The molecule has 0 spiro atoms. The van der Waals surface area contributed by atoms with Crippen LogP contribution in [0, 0.1) is 6.92 Å². The molecule has 0 aliphatic carbocycles. The van der Waals surface area contributed by atoms with Crippen LogP contribution in [-0.4, -0.2) is 16.2 Å². The number of nitrogens with zero attached hydrogens (tertiary/aromatic N) is 1. The molecule has 1 N–H and O–H groups in total. The van der Waals surface area contributed by atoms with Gasteiger partial charge in [-0.3, -0.25) is 9.78 Å². The summed E-state index contributed by atoms with van der Waals surface area (Å²) in [6, 6.07) is 1.86. The van der Waals surface area contributed by atoms with Gasteiger partial charge in [0.15, 0.2) is 0 Å². The van der Waals surface area contributed by atoms with Gasteiger partial charge in [-0.1, -0.05) is 15.9 Å². The van der Waals surface area contributed by atoms with Crippen LogP contribution < -0.4 is 5.32 Å². The van der Waals surface area contributed by atoms with Crippen molar-refractivity contribution in [2.45, 2.75) is 13.3 Å². The number of amides is 1. The molecule has 1 aromatic rings. The van der Waals surface area contributed by atoms with Gasteiger partial charge in [-0.15, -0.1) is 0 Å². The number of pyridine rings is 1. The summed E-state index contributed by atoms with van der Waals surface area (Å²) in [6.07, 6.45) is 3.84. The minimum Gasteiger partial charge on any atom is -0.324 e. The van der Waals surface area contributed by atoms with Crippen molar-refractivity contribution in [3.05, 3.63) is 24.0 Å². The Balaban J connectivity index is 2.63. The molecule has 1 rings (SSSR count). The Morgan fingerprint density at radius 3 is 3.08 bits per heavy atom. The first-order chi connectivity index (χ1) is 6.24. The maximum absolute atomic E-state index is 11.2. The Kier molecular flexibility index (Phi) is 3.89. The van der Waals surface area contributed by atoms with E-state index in [0.717, 1.165) is 11.3 Å². The maximum atomic E-state index is 11.2. The summed E-state index contributed by atoms with van der Waals surface area (Å²) < 4.78 is 0. The van der Waals surface area contributed by atoms with Crippen LogP contribution in [-0.2, 0) is 4.79 Å². The highest BCUT2D eigenvalue weighted by molar-refractivity contribution is 9.09. The van der Waals surface area contributed by atoms with Crippen LogP contribution in [0.15, 0.2) is 18.5 Å². The fourth-order valence-electron chi connectivity index (χ4n) is 0.893. The molecule has 3 nitrogen and oxygen atoms in total. The zero-order valence-corrected chi connectivity index (χ0v) is 8.97. The molecule has 0 atom stereocenters. The van der Waals surface area contributed by atoms with Gasteiger partial charge >= 0.3 is 0 Å². The molecule has 1 aromatic heterocycles. The summed E-state index contributed by atoms with van der Waals surface area (Å²) in [7, 11) is 0. The molecule has 1 amide bonds. The summed E-state index contributed by atoms with van der Waals surface area (Å²) in [5, 5.41) is 3.46. The number of hydrogen-bond donors (Lipinski definition) is 1. The van der Waals surface area contributed by atoms with Gasteiger partial charge in [0.2, 0.25) is 5.91 Å². The highest BCUT2D eigenvalue weighted by atomic mass is 79.9. The summed E-state index contributed by atoms with van der Waals surface area (Å²) in [5.74, 6) is 0.00738. The van der Waals surface area contributed by atoms with E-state index >= 15 is 0 Å². The van der Waals surface area contributed by atoms with Crippen molar-refractivity contribution in [1.82, 2.24) is 4.98 Å². The molecule has 0 unspecified atom stereocenters. The molecule has 70 valence electrons. The molecule has 0 radical (unpaired) electrons. The summed E-state index contributed by atoms with van der Waals surface area (Å²) >= 11 is 3.21. The Morgan fingerprint density at radius 1 is 1.69 bits per heavy atom. The third kappa shape index (κ3) is 3.14. The molecule has 0 aliphatic heterocycles. The smallest absolute Gasteiger partial charge is 0.225 e. The van der Waals surface area contributed by atoms with Gasteiger partial charge in [0.1, 0.15) is 0 Å². The monoisotopic (exact) mass is 242 g/mol. The number of rotatable bonds is 3. The van der Waals surface area contributed by atoms with E-state index in [1.54, 1.807) is 12.4 Å². The van der Waals surface area contributed by atoms with Gasteiger partial charge in [-0.05, 0) is 18.6 Å². The average molecular weight is 243 g/mol. The van der Waals surface area contributed by atoms with Gasteiger partial charge in [0, 0.05) is 17.9 Å². The van der Waals surface area contributed by atoms with Crippen molar-refractivity contribution in [2.24, 2.45) is 0 Å². The van der Waals surface area contributed by atoms with E-state index < -0.39 is 0 Å². The lowest BCUT2D eigenvalue weighted by molar-refractivity contribution is -0.115. The highest BCUT2D eigenvalue weighted by Gasteiger charge is 2.02. The maximum Gasteiger partial charge on any atom is 0.225 e. The number of aromatic nitrogens is 1. The molecule has 0 aromatic carbocycles. The van der Waals surface area contributed by atoms with Crippen LogP contribution in [0.5, 0.6) is 0 Å². The van der Waals surface area contributed by atoms with Crippen molar-refractivity contribution in [3.8, 4) is 0 Å². The molecule has 0 fully saturated rings. The number of alkyl halides is 1. The van der Waals surface area contributed by atoms with Crippen molar-refractivity contribution in [2.75, 3.05) is 10.6 Å². The van der Waals surface area contributed by atoms with Gasteiger partial charge in [-0.25, -0.2) is 0 Å². The third-order valence-electron chi connectivity index (χ3n) is 1.63. The first-order valence-electron chi connectivity index (χ1n) is 4.00. The molecule has 0 saturated heterocycles. The fourth-order valence-corrected chi connectivity index (χ4v) is 1.25. The molecule has 1 heterocycles. The minimum absolute atomic E-state index is 0.00738. The van der Waals surface area contributed by atoms with Gasteiger partial charge in [0.25, 0.3) is 0 Å². The first kappa shape index (κ1) is 10.2. The highest BCUT2D eigenvalue weighted by Crippen LogP contribution is 2.11. The lowest BCUT2D eigenvalue weighted by atomic mass is 10.2. The second-order valence-corrected chi connectivity index (χ2v) is 3.47. The zero-order chi connectivity index (χ0) is 9.68. The van der Waals surface area contributed by atoms with E-state index in [2.05, 4.69) is 26.2 Å². The summed E-state index contributed by atoms with van der Waals surface area (Å²) in [6.45, 7) is 1.94. The quantitative estimate of drug-likeness (QED) is 0.826.